The van der Waals surface area contributed by atoms with Gasteiger partial charge in [0.15, 0.2) is 0 Å². The summed E-state index contributed by atoms with van der Waals surface area (Å²) in [7, 11) is -2.24. The van der Waals surface area contributed by atoms with Gasteiger partial charge in [0.2, 0.25) is 10.0 Å². The second kappa shape index (κ2) is 6.36. The predicted molar refractivity (Wildman–Crippen MR) is 93.0 cm³/mol. The van der Waals surface area contributed by atoms with E-state index in [-0.39, 0.29) is 22.0 Å². The number of aromatic nitrogens is 3. The van der Waals surface area contributed by atoms with Crippen LogP contribution in [0.1, 0.15) is 20.3 Å². The minimum absolute atomic E-state index is 0.0318. The fraction of sp³-hybridized carbons (Fsp3) is 0.533. The highest BCUT2D eigenvalue weighted by Gasteiger charge is 2.34. The molecular formula is C15H21N5O4S. The average molecular weight is 367 g/mol. The Hall–Kier alpha value is -2.04. The zero-order valence-electron chi connectivity index (χ0n) is 14.3. The standard InChI is InChI=1S/C15H21N5O4S/c1-9(2)20-5-4-10(8-20)19(3)25(23,24)11-6-12-13(16-7-11)17-15(22)18-14(12)21/h6-7,9-10H,4-5,8H2,1-3H3,(H2,16,17,18,21,22). The summed E-state index contributed by atoms with van der Waals surface area (Å²) in [5, 5.41) is 0.0318. The van der Waals surface area contributed by atoms with Gasteiger partial charge in [-0.15, -0.1) is 0 Å². The number of hydrogen-bond acceptors (Lipinski definition) is 6. The van der Waals surface area contributed by atoms with Gasteiger partial charge in [-0.05, 0) is 26.3 Å². The molecule has 3 rings (SSSR count). The molecule has 1 fully saturated rings. The minimum Gasteiger partial charge on any atom is -0.299 e. The summed E-state index contributed by atoms with van der Waals surface area (Å²) < 4.78 is 27.1. The first-order valence-electron chi connectivity index (χ1n) is 8.04. The predicted octanol–water partition coefficient (Wildman–Crippen LogP) is -0.285. The van der Waals surface area contributed by atoms with Gasteiger partial charge in [0.25, 0.3) is 5.56 Å². The van der Waals surface area contributed by atoms with Gasteiger partial charge in [-0.25, -0.2) is 18.2 Å². The Balaban J connectivity index is 1.96. The number of likely N-dealkylation sites (tertiary alicyclic amines) is 1. The summed E-state index contributed by atoms with van der Waals surface area (Å²) in [6.07, 6.45) is 1.92. The first-order chi connectivity index (χ1) is 11.7. The third-order valence-corrected chi connectivity index (χ3v) is 6.56. The molecular weight excluding hydrogens is 346 g/mol. The molecule has 3 heterocycles. The zero-order valence-corrected chi connectivity index (χ0v) is 15.1. The van der Waals surface area contributed by atoms with Crippen molar-refractivity contribution in [2.45, 2.75) is 37.2 Å². The van der Waals surface area contributed by atoms with Crippen molar-refractivity contribution in [1.29, 1.82) is 0 Å². The molecule has 2 aromatic rings. The van der Waals surface area contributed by atoms with Crippen molar-refractivity contribution >= 4 is 21.1 Å². The van der Waals surface area contributed by atoms with Crippen LogP contribution in [0.25, 0.3) is 11.0 Å². The van der Waals surface area contributed by atoms with Crippen LogP contribution in [0.15, 0.2) is 26.7 Å². The van der Waals surface area contributed by atoms with Crippen LogP contribution in [0.4, 0.5) is 0 Å². The molecule has 25 heavy (non-hydrogen) atoms. The molecule has 9 nitrogen and oxygen atoms in total. The van der Waals surface area contributed by atoms with Crippen molar-refractivity contribution in [3.05, 3.63) is 33.1 Å². The second-order valence-corrected chi connectivity index (χ2v) is 8.53. The Labute approximate surface area is 144 Å². The number of nitrogens with one attached hydrogen (secondary N) is 2. The fourth-order valence-electron chi connectivity index (χ4n) is 3.07. The van der Waals surface area contributed by atoms with Crippen molar-refractivity contribution in [1.82, 2.24) is 24.2 Å². The molecule has 2 aromatic heterocycles. The van der Waals surface area contributed by atoms with Crippen LogP contribution < -0.4 is 11.2 Å². The fourth-order valence-corrected chi connectivity index (χ4v) is 4.41. The lowest BCUT2D eigenvalue weighted by atomic mass is 10.3. The Kier molecular flexibility index (Phi) is 4.52. The minimum atomic E-state index is -3.79. The maximum absolute atomic E-state index is 12.9. The number of nitrogens with zero attached hydrogens (tertiary/aromatic N) is 3. The van der Waals surface area contributed by atoms with Gasteiger partial charge >= 0.3 is 5.69 Å². The van der Waals surface area contributed by atoms with E-state index >= 15 is 0 Å². The second-order valence-electron chi connectivity index (χ2n) is 6.53. The van der Waals surface area contributed by atoms with Gasteiger partial charge in [0.1, 0.15) is 10.5 Å². The maximum Gasteiger partial charge on any atom is 0.327 e. The van der Waals surface area contributed by atoms with Crippen LogP contribution in [0.3, 0.4) is 0 Å². The van der Waals surface area contributed by atoms with Crippen molar-refractivity contribution in [3.63, 3.8) is 0 Å². The summed E-state index contributed by atoms with van der Waals surface area (Å²) in [5.41, 5.74) is -1.29. The number of fused-ring (bicyclic) bond motifs is 1. The van der Waals surface area contributed by atoms with E-state index in [1.807, 2.05) is 0 Å². The van der Waals surface area contributed by atoms with Crippen molar-refractivity contribution in [3.8, 4) is 0 Å². The summed E-state index contributed by atoms with van der Waals surface area (Å²) in [6, 6.07) is 1.48. The van der Waals surface area contributed by atoms with Gasteiger partial charge in [-0.1, -0.05) is 0 Å². The summed E-state index contributed by atoms with van der Waals surface area (Å²) in [4.78, 5) is 33.7. The van der Waals surface area contributed by atoms with Gasteiger partial charge < -0.3 is 0 Å². The molecule has 0 radical (unpaired) electrons. The van der Waals surface area contributed by atoms with E-state index < -0.39 is 21.3 Å². The maximum atomic E-state index is 12.9. The summed E-state index contributed by atoms with van der Waals surface area (Å²) >= 11 is 0. The molecule has 1 saturated heterocycles. The van der Waals surface area contributed by atoms with E-state index in [1.165, 1.54) is 16.6 Å². The highest BCUT2D eigenvalue weighted by atomic mass is 32.2. The van der Waals surface area contributed by atoms with Crippen LogP contribution in [0.2, 0.25) is 0 Å². The Bertz CT molecular complexity index is 1010. The third-order valence-electron chi connectivity index (χ3n) is 4.68. The van der Waals surface area contributed by atoms with Crippen LogP contribution in [0, 0.1) is 0 Å². The van der Waals surface area contributed by atoms with Crippen molar-refractivity contribution in [2.75, 3.05) is 20.1 Å². The highest BCUT2D eigenvalue weighted by Crippen LogP contribution is 2.23. The molecule has 2 N–H and O–H groups in total. The number of rotatable bonds is 4. The van der Waals surface area contributed by atoms with Gasteiger partial charge in [-0.2, -0.15) is 4.31 Å². The molecule has 136 valence electrons. The number of H-pyrrole nitrogens is 2. The van der Waals surface area contributed by atoms with E-state index in [0.717, 1.165) is 13.0 Å². The van der Waals surface area contributed by atoms with E-state index in [1.54, 1.807) is 7.05 Å². The largest absolute Gasteiger partial charge is 0.327 e. The van der Waals surface area contributed by atoms with Crippen LogP contribution in [-0.2, 0) is 10.0 Å². The van der Waals surface area contributed by atoms with E-state index in [9.17, 15) is 18.0 Å². The normalized spacial score (nSPS) is 19.3. The van der Waals surface area contributed by atoms with Gasteiger partial charge in [-0.3, -0.25) is 19.7 Å². The third kappa shape index (κ3) is 3.24. The van der Waals surface area contributed by atoms with Gasteiger partial charge in [0.05, 0.1) is 5.39 Å². The number of sulfonamides is 1. The van der Waals surface area contributed by atoms with E-state index in [0.29, 0.717) is 12.6 Å². The van der Waals surface area contributed by atoms with Crippen LogP contribution >= 0.6 is 0 Å². The lowest BCUT2D eigenvalue weighted by Gasteiger charge is -2.25. The van der Waals surface area contributed by atoms with Crippen LogP contribution in [0.5, 0.6) is 0 Å². The summed E-state index contributed by atoms with van der Waals surface area (Å²) in [6.45, 7) is 5.68. The highest BCUT2D eigenvalue weighted by molar-refractivity contribution is 7.89. The van der Waals surface area contributed by atoms with Gasteiger partial charge in [0, 0.05) is 38.4 Å². The molecule has 0 aromatic carbocycles. The van der Waals surface area contributed by atoms with Crippen LogP contribution in [-0.4, -0.2) is 64.8 Å². The average Bonchev–Trinajstić information content (AvgIpc) is 3.03. The summed E-state index contributed by atoms with van der Waals surface area (Å²) in [5.74, 6) is 0. The van der Waals surface area contributed by atoms with E-state index in [2.05, 4.69) is 33.7 Å². The lowest BCUT2D eigenvalue weighted by molar-refractivity contribution is 0.256. The molecule has 0 amide bonds. The SMILES string of the molecule is CC(C)N1CCC(N(C)S(=O)(=O)c2cnc3[nH]c(=O)[nH]c(=O)c3c2)C1. The molecule has 1 atom stereocenters. The van der Waals surface area contributed by atoms with Crippen molar-refractivity contribution < 1.29 is 8.42 Å². The molecule has 1 aliphatic heterocycles. The molecule has 0 bridgehead atoms. The smallest absolute Gasteiger partial charge is 0.299 e. The topological polar surface area (TPSA) is 119 Å². The van der Waals surface area contributed by atoms with Crippen molar-refractivity contribution in [2.24, 2.45) is 0 Å². The number of likely N-dealkylation sites (N-methyl/N-ethyl adjacent to an activating group) is 1. The quantitative estimate of drug-likeness (QED) is 0.767. The zero-order chi connectivity index (χ0) is 18.4. The molecule has 0 spiro atoms. The Morgan fingerprint density at radius 1 is 1.32 bits per heavy atom. The first-order valence-corrected chi connectivity index (χ1v) is 9.48. The first kappa shape index (κ1) is 17.8. The molecule has 0 saturated carbocycles. The molecule has 10 heteroatoms. The number of hydrogen-bond donors (Lipinski definition) is 2. The lowest BCUT2D eigenvalue weighted by Crippen LogP contribution is -2.40. The molecule has 1 aliphatic rings. The molecule has 1 unspecified atom stereocenters. The Morgan fingerprint density at radius 3 is 2.68 bits per heavy atom. The molecule has 0 aliphatic carbocycles. The monoisotopic (exact) mass is 367 g/mol. The Morgan fingerprint density at radius 2 is 2.04 bits per heavy atom. The number of pyridine rings is 1. The number of aromatic amines is 2. The van der Waals surface area contributed by atoms with E-state index in [4.69, 9.17) is 0 Å².